The first-order valence-electron chi connectivity index (χ1n) is 5.76. The first-order valence-corrected chi connectivity index (χ1v) is 6.14. The van der Waals surface area contributed by atoms with Crippen LogP contribution in [0.5, 0.6) is 0 Å². The van der Waals surface area contributed by atoms with Gasteiger partial charge in [0.25, 0.3) is 0 Å². The zero-order valence-corrected chi connectivity index (χ0v) is 11.2. The molecule has 0 bridgehead atoms. The molecule has 96 valence electrons. The summed E-state index contributed by atoms with van der Waals surface area (Å²) in [7, 11) is 1.82. The fraction of sp³-hybridized carbons (Fsp3) is 0.133. The van der Waals surface area contributed by atoms with Crippen LogP contribution in [0.4, 0.5) is 10.1 Å². The van der Waals surface area contributed by atoms with E-state index < -0.39 is 0 Å². The number of hydrogen-bond donors (Lipinski definition) is 0. The van der Waals surface area contributed by atoms with Crippen LogP contribution in [0.25, 0.3) is 0 Å². The molecule has 0 unspecified atom stereocenters. The number of hydrogen-bond acceptors (Lipinski definition) is 2. The zero-order chi connectivity index (χ0) is 13.8. The van der Waals surface area contributed by atoms with Crippen molar-refractivity contribution in [3.63, 3.8) is 0 Å². The van der Waals surface area contributed by atoms with Gasteiger partial charge in [0, 0.05) is 24.2 Å². The summed E-state index contributed by atoms with van der Waals surface area (Å²) in [5.74, 6) is -0.248. The predicted molar refractivity (Wildman–Crippen MR) is 74.7 cm³/mol. The molecule has 0 aliphatic rings. The fourth-order valence-electron chi connectivity index (χ4n) is 1.90. The molecular weight excluding hydrogens is 263 g/mol. The normalized spacial score (nSPS) is 10.0. The van der Waals surface area contributed by atoms with Gasteiger partial charge in [-0.25, -0.2) is 4.39 Å². The Balaban J connectivity index is 2.28. The van der Waals surface area contributed by atoms with E-state index in [-0.39, 0.29) is 5.82 Å². The van der Waals surface area contributed by atoms with Gasteiger partial charge in [-0.1, -0.05) is 29.8 Å². The Hall–Kier alpha value is -2.05. The number of benzene rings is 2. The van der Waals surface area contributed by atoms with Gasteiger partial charge in [0.2, 0.25) is 0 Å². The van der Waals surface area contributed by atoms with Gasteiger partial charge >= 0.3 is 0 Å². The van der Waals surface area contributed by atoms with Crippen LogP contribution in [0.2, 0.25) is 5.02 Å². The van der Waals surface area contributed by atoms with Crippen molar-refractivity contribution in [3.8, 4) is 6.07 Å². The average molecular weight is 275 g/mol. The first-order chi connectivity index (χ1) is 9.11. The highest BCUT2D eigenvalue weighted by molar-refractivity contribution is 6.30. The van der Waals surface area contributed by atoms with Gasteiger partial charge in [-0.15, -0.1) is 0 Å². The highest BCUT2D eigenvalue weighted by atomic mass is 35.5. The van der Waals surface area contributed by atoms with Crippen molar-refractivity contribution in [2.75, 3.05) is 11.9 Å². The quantitative estimate of drug-likeness (QED) is 0.846. The second kappa shape index (κ2) is 5.73. The Morgan fingerprint density at radius 3 is 2.68 bits per heavy atom. The molecule has 19 heavy (non-hydrogen) atoms. The summed E-state index contributed by atoms with van der Waals surface area (Å²) in [6, 6.07) is 13.8. The minimum absolute atomic E-state index is 0.248. The third-order valence-corrected chi connectivity index (χ3v) is 3.09. The molecular formula is C15H12ClFN2. The molecule has 4 heteroatoms. The molecule has 2 aromatic carbocycles. The molecule has 2 rings (SSSR count). The Kier molecular flexibility index (Phi) is 4.03. The van der Waals surface area contributed by atoms with Crippen LogP contribution in [0.1, 0.15) is 11.1 Å². The number of nitriles is 1. The van der Waals surface area contributed by atoms with Gasteiger partial charge in [0.15, 0.2) is 0 Å². The molecule has 0 aliphatic carbocycles. The van der Waals surface area contributed by atoms with Crippen LogP contribution >= 0.6 is 11.6 Å². The Bertz CT molecular complexity index is 634. The Labute approximate surface area is 116 Å². The summed E-state index contributed by atoms with van der Waals surface area (Å²) in [6.07, 6.45) is 0. The lowest BCUT2D eigenvalue weighted by molar-refractivity contribution is 0.608. The second-order valence-corrected chi connectivity index (χ2v) is 4.66. The molecule has 0 N–H and O–H groups in total. The summed E-state index contributed by atoms with van der Waals surface area (Å²) in [6.45, 7) is 0.392. The molecule has 0 fully saturated rings. The summed E-state index contributed by atoms with van der Waals surface area (Å²) >= 11 is 5.86. The van der Waals surface area contributed by atoms with Crippen LogP contribution in [0, 0.1) is 17.1 Å². The Morgan fingerprint density at radius 1 is 1.26 bits per heavy atom. The SMILES string of the molecule is CN(Cc1ccccc1F)c1ccc(Cl)cc1C#N. The summed E-state index contributed by atoms with van der Waals surface area (Å²) in [5, 5.41) is 9.62. The lowest BCUT2D eigenvalue weighted by Crippen LogP contribution is -2.18. The first kappa shape index (κ1) is 13.4. The van der Waals surface area contributed by atoms with Crippen LogP contribution in [0.3, 0.4) is 0 Å². The fourth-order valence-corrected chi connectivity index (χ4v) is 2.07. The Morgan fingerprint density at radius 2 is 2.00 bits per heavy atom. The molecule has 0 aromatic heterocycles. The van der Waals surface area contributed by atoms with Gasteiger partial charge in [0.1, 0.15) is 11.9 Å². The van der Waals surface area contributed by atoms with Gasteiger partial charge in [-0.05, 0) is 24.3 Å². The topological polar surface area (TPSA) is 27.0 Å². The molecule has 0 atom stereocenters. The van der Waals surface area contributed by atoms with E-state index in [9.17, 15) is 4.39 Å². The third kappa shape index (κ3) is 3.04. The van der Waals surface area contributed by atoms with Crippen LogP contribution in [0.15, 0.2) is 42.5 Å². The second-order valence-electron chi connectivity index (χ2n) is 4.22. The summed E-state index contributed by atoms with van der Waals surface area (Å²) in [5.41, 5.74) is 1.80. The molecule has 0 amide bonds. The third-order valence-electron chi connectivity index (χ3n) is 2.86. The highest BCUT2D eigenvalue weighted by Crippen LogP contribution is 2.24. The van der Waals surface area contributed by atoms with Gasteiger partial charge in [-0.2, -0.15) is 5.26 Å². The molecule has 0 saturated carbocycles. The van der Waals surface area contributed by atoms with E-state index in [4.69, 9.17) is 16.9 Å². The summed E-state index contributed by atoms with van der Waals surface area (Å²) in [4.78, 5) is 1.83. The van der Waals surface area contributed by atoms with Crippen molar-refractivity contribution >= 4 is 17.3 Å². The van der Waals surface area contributed by atoms with Gasteiger partial charge in [-0.3, -0.25) is 0 Å². The summed E-state index contributed by atoms with van der Waals surface area (Å²) < 4.78 is 13.6. The van der Waals surface area contributed by atoms with Gasteiger partial charge < -0.3 is 4.90 Å². The molecule has 0 saturated heterocycles. The lowest BCUT2D eigenvalue weighted by Gasteiger charge is -2.21. The standard InChI is InChI=1S/C15H12ClFN2/c1-19(10-11-4-2-3-5-14(11)17)15-7-6-13(16)8-12(15)9-18/h2-8H,10H2,1H3. The molecule has 0 radical (unpaired) electrons. The van der Waals surface area contributed by atoms with E-state index in [2.05, 4.69) is 6.07 Å². The van der Waals surface area contributed by atoms with Crippen LogP contribution in [-0.2, 0) is 6.54 Å². The minimum atomic E-state index is -0.248. The predicted octanol–water partition coefficient (Wildman–Crippen LogP) is 3.99. The molecule has 0 aliphatic heterocycles. The maximum atomic E-state index is 13.6. The van der Waals surface area contributed by atoms with Crippen LogP contribution < -0.4 is 4.90 Å². The van der Waals surface area contributed by atoms with E-state index in [0.717, 1.165) is 5.69 Å². The minimum Gasteiger partial charge on any atom is -0.369 e. The van der Waals surface area contributed by atoms with Gasteiger partial charge in [0.05, 0.1) is 11.3 Å². The van der Waals surface area contributed by atoms with E-state index >= 15 is 0 Å². The van der Waals surface area contributed by atoms with E-state index in [1.165, 1.54) is 6.07 Å². The maximum Gasteiger partial charge on any atom is 0.128 e. The van der Waals surface area contributed by atoms with E-state index in [1.54, 1.807) is 36.4 Å². The van der Waals surface area contributed by atoms with Crippen molar-refractivity contribution in [1.82, 2.24) is 0 Å². The van der Waals surface area contributed by atoms with Crippen molar-refractivity contribution in [2.24, 2.45) is 0 Å². The number of anilines is 1. The maximum absolute atomic E-state index is 13.6. The van der Waals surface area contributed by atoms with Crippen LogP contribution in [-0.4, -0.2) is 7.05 Å². The number of rotatable bonds is 3. The lowest BCUT2D eigenvalue weighted by atomic mass is 10.1. The van der Waals surface area contributed by atoms with Crippen molar-refractivity contribution < 1.29 is 4.39 Å². The monoisotopic (exact) mass is 274 g/mol. The van der Waals surface area contributed by atoms with Crippen molar-refractivity contribution in [3.05, 3.63) is 64.4 Å². The molecule has 2 aromatic rings. The van der Waals surface area contributed by atoms with E-state index in [0.29, 0.717) is 22.7 Å². The number of halogens is 2. The molecule has 2 nitrogen and oxygen atoms in total. The largest absolute Gasteiger partial charge is 0.369 e. The smallest absolute Gasteiger partial charge is 0.128 e. The zero-order valence-electron chi connectivity index (χ0n) is 10.4. The van der Waals surface area contributed by atoms with E-state index in [1.807, 2.05) is 11.9 Å². The van der Waals surface area contributed by atoms with Crippen molar-refractivity contribution in [2.45, 2.75) is 6.54 Å². The average Bonchev–Trinajstić information content (AvgIpc) is 2.41. The van der Waals surface area contributed by atoms with Crippen molar-refractivity contribution in [1.29, 1.82) is 5.26 Å². The highest BCUT2D eigenvalue weighted by Gasteiger charge is 2.10. The molecule has 0 heterocycles. The number of nitrogens with zero attached hydrogens (tertiary/aromatic N) is 2. The molecule has 0 spiro atoms.